The fourth-order valence-electron chi connectivity index (χ4n) is 2.25. The molecule has 1 aromatic heterocycles. The van der Waals surface area contributed by atoms with Crippen molar-refractivity contribution in [3.05, 3.63) is 54.0 Å². The van der Waals surface area contributed by atoms with E-state index in [2.05, 4.69) is 10.6 Å². The molecule has 2 N–H and O–H groups in total. The molecule has 2 rings (SSSR count). The quantitative estimate of drug-likeness (QED) is 0.854. The van der Waals surface area contributed by atoms with E-state index in [1.165, 1.54) is 6.26 Å². The molecule has 6 nitrogen and oxygen atoms in total. The number of nitrogens with zero attached hydrogens (tertiary/aromatic N) is 1. The lowest BCUT2D eigenvalue weighted by molar-refractivity contribution is -0.118. The van der Waals surface area contributed by atoms with E-state index in [9.17, 15) is 9.59 Å². The van der Waals surface area contributed by atoms with Crippen LogP contribution in [0.4, 0.5) is 10.5 Å². The fraction of sp³-hybridized carbons (Fsp3) is 0.333. The van der Waals surface area contributed by atoms with E-state index in [1.807, 2.05) is 49.9 Å². The minimum absolute atomic E-state index is 0.106. The number of rotatable bonds is 6. The van der Waals surface area contributed by atoms with Crippen molar-refractivity contribution in [2.24, 2.45) is 0 Å². The molecule has 6 heteroatoms. The van der Waals surface area contributed by atoms with E-state index in [0.717, 1.165) is 11.3 Å². The Bertz CT molecular complexity index is 663. The van der Waals surface area contributed by atoms with Crippen LogP contribution in [0, 0.1) is 6.92 Å². The summed E-state index contributed by atoms with van der Waals surface area (Å²) >= 11 is 0. The summed E-state index contributed by atoms with van der Waals surface area (Å²) in [4.78, 5) is 25.8. The number of hydrogen-bond donors (Lipinski definition) is 2. The smallest absolute Gasteiger partial charge is 0.321 e. The third-order valence-corrected chi connectivity index (χ3v) is 3.56. The molecule has 0 atom stereocenters. The number of carbonyl (C=O) groups excluding carboxylic acids is 2. The minimum atomic E-state index is -0.538. The van der Waals surface area contributed by atoms with Gasteiger partial charge in [-0.05, 0) is 45.0 Å². The average molecular weight is 329 g/mol. The Hall–Kier alpha value is -2.76. The van der Waals surface area contributed by atoms with Gasteiger partial charge in [0.1, 0.15) is 5.76 Å². The zero-order valence-electron chi connectivity index (χ0n) is 14.2. The summed E-state index contributed by atoms with van der Waals surface area (Å²) in [5.41, 5.74) is 2.10. The molecule has 0 aliphatic heterocycles. The van der Waals surface area contributed by atoms with Crippen LogP contribution in [-0.4, -0.2) is 24.5 Å². The average Bonchev–Trinajstić information content (AvgIpc) is 3.05. The molecule has 128 valence electrons. The molecular formula is C18H23N3O3. The van der Waals surface area contributed by atoms with Crippen LogP contribution >= 0.6 is 0 Å². The van der Waals surface area contributed by atoms with Gasteiger partial charge in [-0.25, -0.2) is 4.79 Å². The zero-order valence-corrected chi connectivity index (χ0v) is 14.2. The van der Waals surface area contributed by atoms with E-state index in [1.54, 1.807) is 12.1 Å². The highest BCUT2D eigenvalue weighted by molar-refractivity contribution is 5.96. The Morgan fingerprint density at radius 2 is 1.88 bits per heavy atom. The Kier molecular flexibility index (Phi) is 6.01. The van der Waals surface area contributed by atoms with E-state index < -0.39 is 6.03 Å². The van der Waals surface area contributed by atoms with Gasteiger partial charge in [-0.2, -0.15) is 0 Å². The number of anilines is 1. The summed E-state index contributed by atoms with van der Waals surface area (Å²) in [6, 6.07) is 11.0. The fourth-order valence-corrected chi connectivity index (χ4v) is 2.25. The maximum atomic E-state index is 12.1. The normalized spacial score (nSPS) is 10.5. The van der Waals surface area contributed by atoms with Gasteiger partial charge >= 0.3 is 6.03 Å². The van der Waals surface area contributed by atoms with E-state index in [4.69, 9.17) is 4.42 Å². The molecule has 0 saturated heterocycles. The van der Waals surface area contributed by atoms with Crippen molar-refractivity contribution in [3.8, 4) is 0 Å². The van der Waals surface area contributed by atoms with Crippen LogP contribution in [-0.2, 0) is 11.3 Å². The van der Waals surface area contributed by atoms with Crippen molar-refractivity contribution < 1.29 is 14.0 Å². The first-order valence-corrected chi connectivity index (χ1v) is 7.89. The Balaban J connectivity index is 1.88. The number of hydrogen-bond acceptors (Lipinski definition) is 4. The molecule has 0 aliphatic rings. The predicted octanol–water partition coefficient (Wildman–Crippen LogP) is 2.83. The molecule has 0 aliphatic carbocycles. The molecule has 0 spiro atoms. The second-order valence-electron chi connectivity index (χ2n) is 5.87. The topological polar surface area (TPSA) is 74.6 Å². The third kappa shape index (κ3) is 5.15. The molecule has 2 aromatic rings. The SMILES string of the molecule is Cc1ccc(N(CC(=O)NC(=O)NCc2ccco2)C(C)C)cc1. The van der Waals surface area contributed by atoms with Gasteiger partial charge in [0.15, 0.2) is 0 Å². The standard InChI is InChI=1S/C18H23N3O3/c1-13(2)21(15-8-6-14(3)7-9-15)12-17(22)20-18(23)19-11-16-5-4-10-24-16/h4-10,13H,11-12H2,1-3H3,(H2,19,20,22,23). The predicted molar refractivity (Wildman–Crippen MR) is 92.7 cm³/mol. The van der Waals surface area contributed by atoms with E-state index in [-0.39, 0.29) is 25.0 Å². The van der Waals surface area contributed by atoms with Crippen LogP contribution in [0.3, 0.4) is 0 Å². The molecule has 24 heavy (non-hydrogen) atoms. The number of amides is 3. The highest BCUT2D eigenvalue weighted by Gasteiger charge is 2.16. The highest BCUT2D eigenvalue weighted by Crippen LogP contribution is 2.17. The van der Waals surface area contributed by atoms with Gasteiger partial charge < -0.3 is 14.6 Å². The van der Waals surface area contributed by atoms with Crippen molar-refractivity contribution in [3.63, 3.8) is 0 Å². The Labute approximate surface area is 141 Å². The monoisotopic (exact) mass is 329 g/mol. The second kappa shape index (κ2) is 8.19. The summed E-state index contributed by atoms with van der Waals surface area (Å²) in [6.45, 7) is 6.36. The number of imide groups is 1. The Morgan fingerprint density at radius 3 is 2.46 bits per heavy atom. The maximum Gasteiger partial charge on any atom is 0.321 e. The van der Waals surface area contributed by atoms with Crippen molar-refractivity contribution in [2.45, 2.75) is 33.4 Å². The van der Waals surface area contributed by atoms with Crippen LogP contribution in [0.25, 0.3) is 0 Å². The van der Waals surface area contributed by atoms with Crippen LogP contribution < -0.4 is 15.5 Å². The number of urea groups is 1. The van der Waals surface area contributed by atoms with Crippen molar-refractivity contribution in [1.29, 1.82) is 0 Å². The van der Waals surface area contributed by atoms with Crippen molar-refractivity contribution in [2.75, 3.05) is 11.4 Å². The first-order chi connectivity index (χ1) is 11.5. The molecule has 0 bridgehead atoms. The van der Waals surface area contributed by atoms with Crippen LogP contribution in [0.2, 0.25) is 0 Å². The summed E-state index contributed by atoms with van der Waals surface area (Å²) < 4.78 is 5.12. The molecule has 3 amide bonds. The van der Waals surface area contributed by atoms with Gasteiger partial charge in [0, 0.05) is 11.7 Å². The van der Waals surface area contributed by atoms with E-state index >= 15 is 0 Å². The molecule has 0 saturated carbocycles. The molecular weight excluding hydrogens is 306 g/mol. The van der Waals surface area contributed by atoms with Crippen LogP contribution in [0.1, 0.15) is 25.2 Å². The van der Waals surface area contributed by atoms with Gasteiger partial charge in [0.2, 0.25) is 5.91 Å². The minimum Gasteiger partial charge on any atom is -0.467 e. The largest absolute Gasteiger partial charge is 0.467 e. The molecule has 0 fully saturated rings. The number of carbonyl (C=O) groups is 2. The lowest BCUT2D eigenvalue weighted by Crippen LogP contribution is -2.46. The molecule has 1 aromatic carbocycles. The van der Waals surface area contributed by atoms with Gasteiger partial charge in [0.25, 0.3) is 0 Å². The molecule has 0 unspecified atom stereocenters. The lowest BCUT2D eigenvalue weighted by Gasteiger charge is -2.28. The first-order valence-electron chi connectivity index (χ1n) is 7.89. The summed E-state index contributed by atoms with van der Waals surface area (Å²) in [7, 11) is 0. The second-order valence-corrected chi connectivity index (χ2v) is 5.87. The number of aryl methyl sites for hydroxylation is 1. The van der Waals surface area contributed by atoms with Gasteiger partial charge in [0.05, 0.1) is 19.4 Å². The van der Waals surface area contributed by atoms with Crippen LogP contribution in [0.15, 0.2) is 47.1 Å². The highest BCUT2D eigenvalue weighted by atomic mass is 16.3. The summed E-state index contributed by atoms with van der Waals surface area (Å²) in [6.07, 6.45) is 1.53. The van der Waals surface area contributed by atoms with Gasteiger partial charge in [-0.15, -0.1) is 0 Å². The molecule has 1 heterocycles. The van der Waals surface area contributed by atoms with Crippen LogP contribution in [0.5, 0.6) is 0 Å². The first kappa shape index (κ1) is 17.6. The van der Waals surface area contributed by atoms with Gasteiger partial charge in [-0.1, -0.05) is 17.7 Å². The number of furan rings is 1. The van der Waals surface area contributed by atoms with Gasteiger partial charge in [-0.3, -0.25) is 10.1 Å². The lowest BCUT2D eigenvalue weighted by atomic mass is 10.2. The third-order valence-electron chi connectivity index (χ3n) is 3.56. The number of benzene rings is 1. The summed E-state index contributed by atoms with van der Waals surface area (Å²) in [5, 5.41) is 4.92. The summed E-state index contributed by atoms with van der Waals surface area (Å²) in [5.74, 6) is 0.266. The maximum absolute atomic E-state index is 12.1. The number of nitrogens with one attached hydrogen (secondary N) is 2. The van der Waals surface area contributed by atoms with Crippen molar-refractivity contribution in [1.82, 2.24) is 10.6 Å². The Morgan fingerprint density at radius 1 is 1.17 bits per heavy atom. The van der Waals surface area contributed by atoms with Crippen molar-refractivity contribution >= 4 is 17.6 Å². The zero-order chi connectivity index (χ0) is 17.5. The van der Waals surface area contributed by atoms with E-state index in [0.29, 0.717) is 5.76 Å². The molecule has 0 radical (unpaired) electrons.